The van der Waals surface area contributed by atoms with E-state index in [9.17, 15) is 17.6 Å². The fourth-order valence-electron chi connectivity index (χ4n) is 1.24. The molecule has 0 aliphatic heterocycles. The third-order valence-electron chi connectivity index (χ3n) is 1.95. The van der Waals surface area contributed by atoms with Crippen molar-refractivity contribution in [3.8, 4) is 11.3 Å². The van der Waals surface area contributed by atoms with Gasteiger partial charge in [0.2, 0.25) is 5.82 Å². The molecule has 0 saturated heterocycles. The average molecular weight is 278 g/mol. The maximum atomic E-state index is 12.9. The first kappa shape index (κ1) is 12.7. The van der Waals surface area contributed by atoms with Crippen molar-refractivity contribution in [1.82, 2.24) is 15.0 Å². The van der Waals surface area contributed by atoms with Gasteiger partial charge >= 0.3 is 6.18 Å². The molecule has 94 valence electrons. The van der Waals surface area contributed by atoms with Crippen LogP contribution in [0, 0.1) is 5.82 Å². The molecule has 0 fully saturated rings. The summed E-state index contributed by atoms with van der Waals surface area (Å²) >= 11 is 5.48. The predicted molar refractivity (Wildman–Crippen MR) is 55.2 cm³/mol. The first-order chi connectivity index (χ1) is 8.36. The Bertz CT molecular complexity index is 586. The molecule has 2 aromatic heterocycles. The van der Waals surface area contributed by atoms with Crippen molar-refractivity contribution in [3.05, 3.63) is 41.3 Å². The smallest absolute Gasteiger partial charge is 0.261 e. The monoisotopic (exact) mass is 277 g/mol. The van der Waals surface area contributed by atoms with Gasteiger partial charge in [0.1, 0.15) is 11.0 Å². The summed E-state index contributed by atoms with van der Waals surface area (Å²) in [5.74, 6) is -2.06. The molecule has 8 heteroatoms. The van der Waals surface area contributed by atoms with Gasteiger partial charge in [0.05, 0.1) is 11.9 Å². The van der Waals surface area contributed by atoms with Crippen molar-refractivity contribution >= 4 is 11.6 Å². The van der Waals surface area contributed by atoms with E-state index in [1.54, 1.807) is 0 Å². The Morgan fingerprint density at radius 3 is 2.39 bits per heavy atom. The number of hydrogen-bond acceptors (Lipinski definition) is 3. The normalized spacial score (nSPS) is 11.6. The second-order valence-corrected chi connectivity index (χ2v) is 3.68. The Morgan fingerprint density at radius 2 is 1.78 bits per heavy atom. The molecule has 0 amide bonds. The van der Waals surface area contributed by atoms with Gasteiger partial charge in [-0.3, -0.25) is 4.98 Å². The number of halogens is 5. The van der Waals surface area contributed by atoms with E-state index in [-0.39, 0.29) is 16.4 Å². The average Bonchev–Trinajstić information content (AvgIpc) is 2.27. The minimum Gasteiger partial charge on any atom is -0.261 e. The summed E-state index contributed by atoms with van der Waals surface area (Å²) in [4.78, 5) is 9.88. The molecular weight excluding hydrogens is 274 g/mol. The molecule has 18 heavy (non-hydrogen) atoms. The highest BCUT2D eigenvalue weighted by molar-refractivity contribution is 6.29. The van der Waals surface area contributed by atoms with Crippen molar-refractivity contribution in [2.75, 3.05) is 0 Å². The van der Waals surface area contributed by atoms with Crippen molar-refractivity contribution in [2.45, 2.75) is 6.18 Å². The quantitative estimate of drug-likeness (QED) is 0.593. The van der Waals surface area contributed by atoms with Crippen LogP contribution >= 0.6 is 11.6 Å². The summed E-state index contributed by atoms with van der Waals surface area (Å²) in [6.45, 7) is 0. The highest BCUT2D eigenvalue weighted by Gasteiger charge is 2.35. The van der Waals surface area contributed by atoms with Crippen LogP contribution in [-0.4, -0.2) is 15.0 Å². The van der Waals surface area contributed by atoms with Gasteiger partial charge in [0.15, 0.2) is 0 Å². The number of pyridine rings is 1. The molecule has 0 aliphatic carbocycles. The molecule has 0 spiro atoms. The molecule has 0 saturated carbocycles. The molecule has 0 N–H and O–H groups in total. The highest BCUT2D eigenvalue weighted by Crippen LogP contribution is 2.29. The summed E-state index contributed by atoms with van der Waals surface area (Å²) < 4.78 is 50.3. The summed E-state index contributed by atoms with van der Waals surface area (Å²) in [7, 11) is 0. The minimum atomic E-state index is -4.72. The Hall–Kier alpha value is -1.76. The topological polar surface area (TPSA) is 38.7 Å². The van der Waals surface area contributed by atoms with Crippen molar-refractivity contribution < 1.29 is 17.6 Å². The number of hydrogen-bond donors (Lipinski definition) is 0. The van der Waals surface area contributed by atoms with Crippen molar-refractivity contribution in [3.63, 3.8) is 0 Å². The highest BCUT2D eigenvalue weighted by atomic mass is 35.5. The van der Waals surface area contributed by atoms with Crippen LogP contribution in [0.1, 0.15) is 5.82 Å². The third-order valence-corrected chi connectivity index (χ3v) is 2.14. The lowest BCUT2D eigenvalue weighted by molar-refractivity contribution is -0.144. The van der Waals surface area contributed by atoms with E-state index in [1.165, 1.54) is 6.20 Å². The summed E-state index contributed by atoms with van der Waals surface area (Å²) in [6, 6.07) is 2.11. The van der Waals surface area contributed by atoms with E-state index >= 15 is 0 Å². The molecule has 2 aromatic rings. The van der Waals surface area contributed by atoms with E-state index < -0.39 is 17.8 Å². The van der Waals surface area contributed by atoms with Gasteiger partial charge in [-0.25, -0.2) is 14.4 Å². The predicted octanol–water partition coefficient (Wildman–Crippen LogP) is 3.35. The molecule has 0 bridgehead atoms. The number of aromatic nitrogens is 3. The van der Waals surface area contributed by atoms with E-state index in [2.05, 4.69) is 15.0 Å². The first-order valence-corrected chi connectivity index (χ1v) is 4.97. The van der Waals surface area contributed by atoms with Crippen LogP contribution in [0.4, 0.5) is 17.6 Å². The molecule has 0 aliphatic rings. The second-order valence-electron chi connectivity index (χ2n) is 3.29. The minimum absolute atomic E-state index is 0.0878. The Labute approximate surface area is 103 Å². The number of nitrogens with zero attached hydrogens (tertiary/aromatic N) is 3. The number of rotatable bonds is 1. The van der Waals surface area contributed by atoms with E-state index in [0.717, 1.165) is 18.3 Å². The van der Waals surface area contributed by atoms with Gasteiger partial charge in [-0.15, -0.1) is 0 Å². The Balaban J connectivity index is 2.55. The van der Waals surface area contributed by atoms with Crippen LogP contribution in [0.15, 0.2) is 24.5 Å². The molecule has 2 heterocycles. The van der Waals surface area contributed by atoms with Gasteiger partial charge in [0.25, 0.3) is 0 Å². The fourth-order valence-corrected chi connectivity index (χ4v) is 1.43. The molecule has 3 nitrogen and oxygen atoms in total. The zero-order chi connectivity index (χ0) is 13.3. The van der Waals surface area contributed by atoms with Crippen LogP contribution in [0.5, 0.6) is 0 Å². The first-order valence-electron chi connectivity index (χ1n) is 4.59. The molecule has 0 unspecified atom stereocenters. The zero-order valence-electron chi connectivity index (χ0n) is 8.54. The Kier molecular flexibility index (Phi) is 3.16. The summed E-state index contributed by atoms with van der Waals surface area (Å²) in [5.41, 5.74) is -0.0564. The van der Waals surface area contributed by atoms with E-state index in [0.29, 0.717) is 0 Å². The molecule has 2 rings (SSSR count). The van der Waals surface area contributed by atoms with Crippen molar-refractivity contribution in [1.29, 1.82) is 0 Å². The third kappa shape index (κ3) is 2.73. The maximum absolute atomic E-state index is 12.9. The molecule has 0 atom stereocenters. The SMILES string of the molecule is Fc1cncc(-c2cc(Cl)nc(C(F)(F)F)n2)c1. The molecular formula is C10H4ClF4N3. The van der Waals surface area contributed by atoms with Crippen molar-refractivity contribution in [2.24, 2.45) is 0 Å². The molecule has 0 aromatic carbocycles. The van der Waals surface area contributed by atoms with Gasteiger partial charge in [-0.05, 0) is 6.07 Å². The summed E-state index contributed by atoms with van der Waals surface area (Å²) in [6.07, 6.45) is -2.61. The maximum Gasteiger partial charge on any atom is 0.451 e. The fraction of sp³-hybridized carbons (Fsp3) is 0.100. The van der Waals surface area contributed by atoms with Gasteiger partial charge in [0, 0.05) is 17.8 Å². The number of alkyl halides is 3. The van der Waals surface area contributed by atoms with Crippen LogP contribution in [-0.2, 0) is 6.18 Å². The van der Waals surface area contributed by atoms with Crippen LogP contribution in [0.25, 0.3) is 11.3 Å². The summed E-state index contributed by atoms with van der Waals surface area (Å²) in [5, 5.41) is -0.378. The van der Waals surface area contributed by atoms with Crippen LogP contribution in [0.3, 0.4) is 0 Å². The zero-order valence-corrected chi connectivity index (χ0v) is 9.30. The van der Waals surface area contributed by atoms with Crippen LogP contribution in [0.2, 0.25) is 5.15 Å². The van der Waals surface area contributed by atoms with Crippen LogP contribution < -0.4 is 0 Å². The molecule has 0 radical (unpaired) electrons. The van der Waals surface area contributed by atoms with E-state index in [1.807, 2.05) is 0 Å². The lowest BCUT2D eigenvalue weighted by Crippen LogP contribution is -2.11. The van der Waals surface area contributed by atoms with Gasteiger partial charge < -0.3 is 0 Å². The lowest BCUT2D eigenvalue weighted by Gasteiger charge is -2.07. The second kappa shape index (κ2) is 4.49. The van der Waals surface area contributed by atoms with Gasteiger partial charge in [-0.2, -0.15) is 13.2 Å². The largest absolute Gasteiger partial charge is 0.451 e. The standard InChI is InChI=1S/C10H4ClF4N3/c11-8-2-7(5-1-6(12)4-16-3-5)17-9(18-8)10(13,14)15/h1-4H. The lowest BCUT2D eigenvalue weighted by atomic mass is 10.2. The Morgan fingerprint density at radius 1 is 1.06 bits per heavy atom. The van der Waals surface area contributed by atoms with Gasteiger partial charge in [-0.1, -0.05) is 11.6 Å². The van der Waals surface area contributed by atoms with E-state index in [4.69, 9.17) is 11.6 Å².